The van der Waals surface area contributed by atoms with Crippen LogP contribution in [0.4, 0.5) is 5.69 Å². The van der Waals surface area contributed by atoms with E-state index in [1.165, 1.54) is 5.56 Å². The number of aliphatic hydroxyl groups excluding tert-OH is 1. The third-order valence-electron chi connectivity index (χ3n) is 3.08. The van der Waals surface area contributed by atoms with E-state index in [1.807, 2.05) is 30.3 Å². The highest BCUT2D eigenvalue weighted by Gasteiger charge is 2.04. The lowest BCUT2D eigenvalue weighted by molar-refractivity contribution is 0.199. The minimum absolute atomic E-state index is 0.404. The van der Waals surface area contributed by atoms with Gasteiger partial charge in [0.25, 0.3) is 0 Å². The second-order valence-electron chi connectivity index (χ2n) is 4.61. The molecule has 0 aliphatic heterocycles. The Balaban J connectivity index is 2.07. The number of hydrogen-bond acceptors (Lipinski definition) is 2. The molecule has 0 aliphatic carbocycles. The summed E-state index contributed by atoms with van der Waals surface area (Å²) in [6.07, 6.45) is -0.404. The van der Waals surface area contributed by atoms with Gasteiger partial charge in [-0.25, -0.2) is 0 Å². The van der Waals surface area contributed by atoms with Crippen molar-refractivity contribution in [3.05, 3.63) is 65.7 Å². The first-order valence-corrected chi connectivity index (χ1v) is 6.20. The first kappa shape index (κ1) is 12.7. The van der Waals surface area contributed by atoms with Crippen LogP contribution in [-0.4, -0.2) is 12.2 Å². The van der Waals surface area contributed by atoms with Crippen molar-refractivity contribution in [3.8, 4) is 0 Å². The van der Waals surface area contributed by atoms with Gasteiger partial charge < -0.3 is 10.0 Å². The summed E-state index contributed by atoms with van der Waals surface area (Å²) >= 11 is 0. The second kappa shape index (κ2) is 5.69. The number of anilines is 1. The van der Waals surface area contributed by atoms with Gasteiger partial charge in [0.2, 0.25) is 0 Å². The highest BCUT2D eigenvalue weighted by atomic mass is 16.3. The molecular formula is C16H19NO. The molecule has 0 heterocycles. The predicted octanol–water partition coefficient (Wildman–Crippen LogP) is 3.38. The highest BCUT2D eigenvalue weighted by Crippen LogP contribution is 2.19. The van der Waals surface area contributed by atoms with Crippen molar-refractivity contribution in [1.29, 1.82) is 0 Å². The zero-order chi connectivity index (χ0) is 13.0. The van der Waals surface area contributed by atoms with E-state index in [0.29, 0.717) is 0 Å². The van der Waals surface area contributed by atoms with Crippen LogP contribution < -0.4 is 4.90 Å². The van der Waals surface area contributed by atoms with Crippen LogP contribution in [0.1, 0.15) is 24.2 Å². The summed E-state index contributed by atoms with van der Waals surface area (Å²) in [5.74, 6) is 0. The van der Waals surface area contributed by atoms with Crippen molar-refractivity contribution in [2.45, 2.75) is 19.6 Å². The van der Waals surface area contributed by atoms with E-state index in [-0.39, 0.29) is 0 Å². The maximum absolute atomic E-state index is 9.47. The van der Waals surface area contributed by atoms with Gasteiger partial charge in [0.05, 0.1) is 6.10 Å². The summed E-state index contributed by atoms with van der Waals surface area (Å²) in [6, 6.07) is 18.4. The molecule has 0 amide bonds. The van der Waals surface area contributed by atoms with Gasteiger partial charge in [-0.05, 0) is 30.2 Å². The van der Waals surface area contributed by atoms with Gasteiger partial charge in [-0.3, -0.25) is 0 Å². The van der Waals surface area contributed by atoms with Gasteiger partial charge in [-0.1, -0.05) is 42.5 Å². The first-order valence-electron chi connectivity index (χ1n) is 6.20. The first-order chi connectivity index (χ1) is 8.66. The topological polar surface area (TPSA) is 23.5 Å². The maximum Gasteiger partial charge on any atom is 0.0761 e. The van der Waals surface area contributed by atoms with Crippen molar-refractivity contribution in [2.75, 3.05) is 11.9 Å². The molecule has 0 bridgehead atoms. The number of nitrogens with zero attached hydrogens (tertiary/aromatic N) is 1. The standard InChI is InChI=1S/C16H19NO/c1-13(18)15-8-10-16(11-9-15)17(2)12-14-6-4-3-5-7-14/h3-11,13,18H,12H2,1-2H3/t13-/m1/s1. The Morgan fingerprint density at radius 3 is 2.17 bits per heavy atom. The van der Waals surface area contributed by atoms with Crippen LogP contribution >= 0.6 is 0 Å². The smallest absolute Gasteiger partial charge is 0.0761 e. The molecule has 0 aromatic heterocycles. The fraction of sp³-hybridized carbons (Fsp3) is 0.250. The normalized spacial score (nSPS) is 12.2. The van der Waals surface area contributed by atoms with Gasteiger partial charge in [-0.15, -0.1) is 0 Å². The third-order valence-corrected chi connectivity index (χ3v) is 3.08. The lowest BCUT2D eigenvalue weighted by Gasteiger charge is -2.20. The molecule has 2 rings (SSSR count). The van der Waals surface area contributed by atoms with E-state index >= 15 is 0 Å². The van der Waals surface area contributed by atoms with Gasteiger partial charge in [0.1, 0.15) is 0 Å². The van der Waals surface area contributed by atoms with E-state index in [4.69, 9.17) is 0 Å². The number of aliphatic hydroxyl groups is 1. The molecule has 2 nitrogen and oxygen atoms in total. The van der Waals surface area contributed by atoms with Crippen molar-refractivity contribution < 1.29 is 5.11 Å². The van der Waals surface area contributed by atoms with Crippen molar-refractivity contribution in [1.82, 2.24) is 0 Å². The van der Waals surface area contributed by atoms with Crippen LogP contribution in [0, 0.1) is 0 Å². The molecule has 18 heavy (non-hydrogen) atoms. The zero-order valence-corrected chi connectivity index (χ0v) is 10.9. The Labute approximate surface area is 109 Å². The average molecular weight is 241 g/mol. The van der Waals surface area contributed by atoms with Crippen molar-refractivity contribution in [3.63, 3.8) is 0 Å². The molecule has 0 saturated heterocycles. The van der Waals surface area contributed by atoms with E-state index in [9.17, 15) is 5.11 Å². The second-order valence-corrected chi connectivity index (χ2v) is 4.61. The van der Waals surface area contributed by atoms with Crippen LogP contribution in [0.2, 0.25) is 0 Å². The Morgan fingerprint density at radius 1 is 1.00 bits per heavy atom. The summed E-state index contributed by atoms with van der Waals surface area (Å²) < 4.78 is 0. The van der Waals surface area contributed by atoms with Crippen LogP contribution in [-0.2, 0) is 6.54 Å². The molecule has 2 heteroatoms. The molecule has 1 N–H and O–H groups in total. The minimum atomic E-state index is -0.404. The monoisotopic (exact) mass is 241 g/mol. The lowest BCUT2D eigenvalue weighted by Crippen LogP contribution is -2.16. The summed E-state index contributed by atoms with van der Waals surface area (Å²) in [5, 5.41) is 9.47. The fourth-order valence-corrected chi connectivity index (χ4v) is 1.96. The molecule has 0 fully saturated rings. The van der Waals surface area contributed by atoms with Crippen molar-refractivity contribution >= 4 is 5.69 Å². The zero-order valence-electron chi connectivity index (χ0n) is 10.9. The Kier molecular flexibility index (Phi) is 4.00. The molecule has 0 aliphatic rings. The summed E-state index contributed by atoms with van der Waals surface area (Å²) in [5.41, 5.74) is 3.40. The molecule has 2 aromatic rings. The van der Waals surface area contributed by atoms with E-state index < -0.39 is 6.10 Å². The predicted molar refractivity (Wildman–Crippen MR) is 75.6 cm³/mol. The Bertz CT molecular complexity index is 476. The molecular weight excluding hydrogens is 222 g/mol. The molecule has 0 spiro atoms. The SMILES string of the molecule is C[C@@H](O)c1ccc(N(C)Cc2ccccc2)cc1. The molecule has 0 unspecified atom stereocenters. The van der Waals surface area contributed by atoms with Crippen molar-refractivity contribution in [2.24, 2.45) is 0 Å². The third kappa shape index (κ3) is 3.11. The van der Waals surface area contributed by atoms with E-state index in [2.05, 4.69) is 36.2 Å². The number of benzene rings is 2. The quantitative estimate of drug-likeness (QED) is 0.887. The number of hydrogen-bond donors (Lipinski definition) is 1. The highest BCUT2D eigenvalue weighted by molar-refractivity contribution is 5.47. The maximum atomic E-state index is 9.47. The number of rotatable bonds is 4. The van der Waals surface area contributed by atoms with E-state index in [1.54, 1.807) is 6.92 Å². The van der Waals surface area contributed by atoms with Gasteiger partial charge in [0, 0.05) is 19.3 Å². The lowest BCUT2D eigenvalue weighted by atomic mass is 10.1. The van der Waals surface area contributed by atoms with Gasteiger partial charge in [-0.2, -0.15) is 0 Å². The fourth-order valence-electron chi connectivity index (χ4n) is 1.96. The molecule has 0 radical (unpaired) electrons. The summed E-state index contributed by atoms with van der Waals surface area (Å²) in [6.45, 7) is 2.66. The largest absolute Gasteiger partial charge is 0.389 e. The molecule has 2 aromatic carbocycles. The van der Waals surface area contributed by atoms with Gasteiger partial charge >= 0.3 is 0 Å². The van der Waals surface area contributed by atoms with E-state index in [0.717, 1.165) is 17.8 Å². The van der Waals surface area contributed by atoms with Gasteiger partial charge in [0.15, 0.2) is 0 Å². The molecule has 94 valence electrons. The van der Waals surface area contributed by atoms with Crippen LogP contribution in [0.3, 0.4) is 0 Å². The molecule has 0 saturated carbocycles. The Hall–Kier alpha value is -1.80. The average Bonchev–Trinajstić information content (AvgIpc) is 2.40. The van der Waals surface area contributed by atoms with Crippen LogP contribution in [0.15, 0.2) is 54.6 Å². The van der Waals surface area contributed by atoms with Crippen LogP contribution in [0.25, 0.3) is 0 Å². The van der Waals surface area contributed by atoms with Crippen LogP contribution in [0.5, 0.6) is 0 Å². The summed E-state index contributed by atoms with van der Waals surface area (Å²) in [7, 11) is 2.07. The Morgan fingerprint density at radius 2 is 1.61 bits per heavy atom. The minimum Gasteiger partial charge on any atom is -0.389 e. The summed E-state index contributed by atoms with van der Waals surface area (Å²) in [4.78, 5) is 2.20. The molecule has 1 atom stereocenters.